The number of methoxy groups -OCH3 is 1. The smallest absolute Gasteiger partial charge is 0.358 e. The Hall–Kier alpha value is -2.34. The Bertz CT molecular complexity index is 771. The van der Waals surface area contributed by atoms with Gasteiger partial charge in [-0.1, -0.05) is 0 Å². The Morgan fingerprint density at radius 3 is 2.70 bits per heavy atom. The number of rotatable bonds is 5. The summed E-state index contributed by atoms with van der Waals surface area (Å²) in [4.78, 5) is 23.1. The first-order valence-corrected chi connectivity index (χ1v) is 8.25. The number of aryl methyl sites for hydroxylation is 1. The minimum atomic E-state index is -4.56. The fourth-order valence-corrected chi connectivity index (χ4v) is 2.68. The molecule has 8 heteroatoms. The molecule has 0 fully saturated rings. The topological polar surface area (TPSA) is 112 Å². The van der Waals surface area contributed by atoms with Gasteiger partial charge in [-0.15, -0.1) is 0 Å². The van der Waals surface area contributed by atoms with E-state index in [1.165, 1.54) is 31.6 Å². The highest BCUT2D eigenvalue weighted by Crippen LogP contribution is 2.52. The third-order valence-electron chi connectivity index (χ3n) is 3.13. The highest BCUT2D eigenvalue weighted by molar-refractivity contribution is 7.63. The maximum atomic E-state index is 11.8. The molecule has 2 aromatic rings. The maximum Gasteiger partial charge on any atom is 0.358 e. The second kappa shape index (κ2) is 6.83. The Labute approximate surface area is 133 Å². The highest BCUT2D eigenvalue weighted by atomic mass is 31.2. The van der Waals surface area contributed by atoms with E-state index >= 15 is 0 Å². The van der Waals surface area contributed by atoms with Gasteiger partial charge in [0.2, 0.25) is 0 Å². The Morgan fingerprint density at radius 1 is 1.39 bits per heavy atom. The molecule has 0 saturated carbocycles. The van der Waals surface area contributed by atoms with Crippen LogP contribution in [0.1, 0.15) is 11.1 Å². The number of hydrogen-bond donors (Lipinski definition) is 4. The summed E-state index contributed by atoms with van der Waals surface area (Å²) in [5, 5.41) is 12.4. The number of anilines is 1. The van der Waals surface area contributed by atoms with Crippen molar-refractivity contribution in [3.05, 3.63) is 54.0 Å². The number of aromatic nitrogens is 1. The summed E-state index contributed by atoms with van der Waals surface area (Å²) in [5.41, 5.74) is 1.28. The lowest BCUT2D eigenvalue weighted by Gasteiger charge is -2.14. The standard InChI is InChI=1S/C15H17N2O5P/c1-10-6-11(7-13(22-2)15(10)18)14(23(19,20)21)9-17-12-4-3-5-16-8-12/h3-9,17-18H,1-2H3,(H2,19,20,21)/b14-9+. The molecule has 7 nitrogen and oxygen atoms in total. The van der Waals surface area contributed by atoms with Gasteiger partial charge in [-0.2, -0.15) is 0 Å². The van der Waals surface area contributed by atoms with Crippen LogP contribution in [0.3, 0.4) is 0 Å². The summed E-state index contributed by atoms with van der Waals surface area (Å²) in [6.45, 7) is 1.62. The molecule has 0 bridgehead atoms. The zero-order chi connectivity index (χ0) is 17.0. The third-order valence-corrected chi connectivity index (χ3v) is 4.15. The van der Waals surface area contributed by atoms with E-state index < -0.39 is 7.60 Å². The second-order valence-electron chi connectivity index (χ2n) is 4.80. The quantitative estimate of drug-likeness (QED) is 0.621. The van der Waals surface area contributed by atoms with E-state index in [0.29, 0.717) is 11.3 Å². The molecule has 23 heavy (non-hydrogen) atoms. The van der Waals surface area contributed by atoms with E-state index in [2.05, 4.69) is 10.3 Å². The number of nitrogens with one attached hydrogen (secondary N) is 1. The number of aromatic hydroxyl groups is 1. The van der Waals surface area contributed by atoms with Crippen molar-refractivity contribution < 1.29 is 24.2 Å². The predicted molar refractivity (Wildman–Crippen MR) is 87.3 cm³/mol. The molecule has 1 aromatic carbocycles. The van der Waals surface area contributed by atoms with Crippen LogP contribution in [0, 0.1) is 6.92 Å². The monoisotopic (exact) mass is 336 g/mol. The van der Waals surface area contributed by atoms with Gasteiger partial charge in [0, 0.05) is 12.4 Å². The molecule has 0 aliphatic rings. The molecule has 0 saturated heterocycles. The van der Waals surface area contributed by atoms with Gasteiger partial charge in [-0.3, -0.25) is 9.55 Å². The first-order valence-electron chi connectivity index (χ1n) is 6.63. The molecule has 0 spiro atoms. The van der Waals surface area contributed by atoms with E-state index in [0.717, 1.165) is 0 Å². The van der Waals surface area contributed by atoms with Crippen molar-refractivity contribution in [3.63, 3.8) is 0 Å². The number of phenolic OH excluding ortho intramolecular Hbond substituents is 1. The number of pyridine rings is 1. The largest absolute Gasteiger partial charge is 0.504 e. The van der Waals surface area contributed by atoms with Gasteiger partial charge in [-0.05, 0) is 42.3 Å². The summed E-state index contributed by atoms with van der Waals surface area (Å²) >= 11 is 0. The van der Waals surface area contributed by atoms with Gasteiger partial charge in [0.25, 0.3) is 0 Å². The molecule has 0 aliphatic carbocycles. The van der Waals surface area contributed by atoms with Gasteiger partial charge < -0.3 is 24.9 Å². The van der Waals surface area contributed by atoms with Crippen molar-refractivity contribution in [1.29, 1.82) is 0 Å². The van der Waals surface area contributed by atoms with Crippen LogP contribution in [0.5, 0.6) is 11.5 Å². The molecule has 0 radical (unpaired) electrons. The number of ether oxygens (including phenoxy) is 1. The third kappa shape index (κ3) is 4.10. The molecule has 2 rings (SSSR count). The lowest BCUT2D eigenvalue weighted by molar-refractivity contribution is 0.371. The van der Waals surface area contributed by atoms with Crippen molar-refractivity contribution in [2.45, 2.75) is 6.92 Å². The minimum absolute atomic E-state index is 0.0680. The number of benzene rings is 1. The van der Waals surface area contributed by atoms with E-state index in [1.807, 2.05) is 0 Å². The first-order chi connectivity index (χ1) is 10.8. The fourth-order valence-electron chi connectivity index (χ4n) is 1.99. The van der Waals surface area contributed by atoms with Crippen LogP contribution in [0.25, 0.3) is 5.31 Å². The normalized spacial score (nSPS) is 12.1. The van der Waals surface area contributed by atoms with Crippen LogP contribution >= 0.6 is 7.60 Å². The first kappa shape index (κ1) is 17.0. The molecule has 0 aliphatic heterocycles. The fraction of sp³-hybridized carbons (Fsp3) is 0.133. The Morgan fingerprint density at radius 2 is 2.13 bits per heavy atom. The van der Waals surface area contributed by atoms with Crippen molar-refractivity contribution in [3.8, 4) is 11.5 Å². The molecule has 122 valence electrons. The van der Waals surface area contributed by atoms with Gasteiger partial charge in [-0.25, -0.2) is 0 Å². The molecule has 0 amide bonds. The average molecular weight is 336 g/mol. The molecule has 1 heterocycles. The number of hydrogen-bond acceptors (Lipinski definition) is 5. The predicted octanol–water partition coefficient (Wildman–Crippen LogP) is 2.69. The van der Waals surface area contributed by atoms with Crippen LogP contribution in [-0.4, -0.2) is 27.0 Å². The van der Waals surface area contributed by atoms with E-state index in [-0.39, 0.29) is 22.4 Å². The number of phenols is 1. The van der Waals surface area contributed by atoms with Crippen molar-refractivity contribution in [1.82, 2.24) is 4.98 Å². The van der Waals surface area contributed by atoms with Crippen LogP contribution in [0.2, 0.25) is 0 Å². The summed E-state index contributed by atoms with van der Waals surface area (Å²) in [7, 11) is -3.19. The average Bonchev–Trinajstić information content (AvgIpc) is 2.50. The SMILES string of the molecule is COc1cc(/C(=C\Nc2cccnc2)P(=O)(O)O)cc(C)c1O. The second-order valence-corrected chi connectivity index (χ2v) is 6.37. The van der Waals surface area contributed by atoms with Crippen LogP contribution in [0.15, 0.2) is 42.9 Å². The zero-order valence-corrected chi connectivity index (χ0v) is 13.5. The minimum Gasteiger partial charge on any atom is -0.504 e. The zero-order valence-electron chi connectivity index (χ0n) is 12.6. The van der Waals surface area contributed by atoms with Gasteiger partial charge in [0.1, 0.15) is 0 Å². The highest BCUT2D eigenvalue weighted by Gasteiger charge is 2.24. The molecular formula is C15H17N2O5P. The van der Waals surface area contributed by atoms with Crippen molar-refractivity contribution in [2.75, 3.05) is 12.4 Å². The molecular weight excluding hydrogens is 319 g/mol. The lowest BCUT2D eigenvalue weighted by atomic mass is 10.1. The molecule has 0 unspecified atom stereocenters. The van der Waals surface area contributed by atoms with Crippen LogP contribution in [-0.2, 0) is 4.57 Å². The Kier molecular flexibility index (Phi) is 5.05. The lowest BCUT2D eigenvalue weighted by Crippen LogP contribution is -1.96. The summed E-state index contributed by atoms with van der Waals surface area (Å²) in [6, 6.07) is 6.26. The molecule has 1 aromatic heterocycles. The molecule has 0 atom stereocenters. The summed E-state index contributed by atoms with van der Waals surface area (Å²) in [6.07, 6.45) is 4.34. The van der Waals surface area contributed by atoms with Crippen molar-refractivity contribution in [2.24, 2.45) is 0 Å². The van der Waals surface area contributed by atoms with Crippen molar-refractivity contribution >= 4 is 18.6 Å². The van der Waals surface area contributed by atoms with E-state index in [9.17, 15) is 19.5 Å². The van der Waals surface area contributed by atoms with E-state index in [1.54, 1.807) is 25.3 Å². The van der Waals surface area contributed by atoms with Gasteiger partial charge >= 0.3 is 7.60 Å². The molecule has 4 N–H and O–H groups in total. The van der Waals surface area contributed by atoms with Crippen LogP contribution < -0.4 is 10.1 Å². The summed E-state index contributed by atoms with van der Waals surface area (Å²) in [5.74, 6) is 0.0715. The summed E-state index contributed by atoms with van der Waals surface area (Å²) < 4.78 is 16.8. The van der Waals surface area contributed by atoms with Gasteiger partial charge in [0.05, 0.1) is 24.3 Å². The van der Waals surface area contributed by atoms with Crippen LogP contribution in [0.4, 0.5) is 5.69 Å². The number of nitrogens with zero attached hydrogens (tertiary/aromatic N) is 1. The Balaban J connectivity index is 2.48. The van der Waals surface area contributed by atoms with E-state index in [4.69, 9.17) is 4.74 Å². The van der Waals surface area contributed by atoms with Gasteiger partial charge in [0.15, 0.2) is 11.5 Å². The maximum absolute atomic E-state index is 11.8.